The van der Waals surface area contributed by atoms with Crippen LogP contribution in [0.1, 0.15) is 45.3 Å². The summed E-state index contributed by atoms with van der Waals surface area (Å²) in [6.45, 7) is 7.32. The molecule has 1 aromatic rings. The van der Waals surface area contributed by atoms with Crippen LogP contribution in [-0.4, -0.2) is 43.4 Å². The molecule has 2 unspecified atom stereocenters. The van der Waals surface area contributed by atoms with Gasteiger partial charge in [0.1, 0.15) is 0 Å². The largest absolute Gasteiger partial charge is 0.493 e. The highest BCUT2D eigenvalue weighted by Crippen LogP contribution is 2.30. The van der Waals surface area contributed by atoms with Crippen LogP contribution in [-0.2, 0) is 16.4 Å². The van der Waals surface area contributed by atoms with Crippen molar-refractivity contribution in [1.82, 2.24) is 15.1 Å². The van der Waals surface area contributed by atoms with E-state index in [0.717, 1.165) is 31.6 Å². The minimum atomic E-state index is -3.17. The van der Waals surface area contributed by atoms with Crippen molar-refractivity contribution in [3.8, 4) is 5.75 Å². The van der Waals surface area contributed by atoms with Crippen LogP contribution in [0.3, 0.4) is 0 Å². The Kier molecular flexibility index (Phi) is 6.67. The van der Waals surface area contributed by atoms with E-state index in [-0.39, 0.29) is 6.04 Å². The molecule has 1 heterocycles. The van der Waals surface area contributed by atoms with Crippen LogP contribution < -0.4 is 10.1 Å². The molecule has 122 valence electrons. The van der Waals surface area contributed by atoms with Gasteiger partial charge in [-0.25, -0.2) is 8.42 Å². The van der Waals surface area contributed by atoms with Crippen molar-refractivity contribution in [2.24, 2.45) is 0 Å². The third-order valence-corrected chi connectivity index (χ3v) is 5.18. The predicted molar refractivity (Wildman–Crippen MR) is 84.4 cm³/mol. The minimum absolute atomic E-state index is 0.330. The van der Waals surface area contributed by atoms with E-state index in [1.54, 1.807) is 20.2 Å². The van der Waals surface area contributed by atoms with Gasteiger partial charge >= 0.3 is 0 Å². The first-order valence-electron chi connectivity index (χ1n) is 7.38. The van der Waals surface area contributed by atoms with Gasteiger partial charge in [-0.15, -0.1) is 0 Å². The van der Waals surface area contributed by atoms with E-state index in [1.807, 2.05) is 4.68 Å². The van der Waals surface area contributed by atoms with Gasteiger partial charge < -0.3 is 10.1 Å². The van der Waals surface area contributed by atoms with E-state index in [2.05, 4.69) is 24.3 Å². The molecule has 1 aromatic heterocycles. The van der Waals surface area contributed by atoms with Crippen molar-refractivity contribution in [2.75, 3.05) is 19.9 Å². The zero-order valence-electron chi connectivity index (χ0n) is 13.6. The lowest BCUT2D eigenvalue weighted by Gasteiger charge is -2.25. The van der Waals surface area contributed by atoms with Crippen LogP contribution >= 0.6 is 0 Å². The summed E-state index contributed by atoms with van der Waals surface area (Å²) in [4.78, 5) is 0. The molecule has 0 spiro atoms. The van der Waals surface area contributed by atoms with Gasteiger partial charge in [0.2, 0.25) is 0 Å². The maximum atomic E-state index is 12.0. The molecule has 0 saturated carbocycles. The molecule has 0 saturated heterocycles. The quantitative estimate of drug-likeness (QED) is 0.751. The minimum Gasteiger partial charge on any atom is -0.493 e. The highest BCUT2D eigenvalue weighted by molar-refractivity contribution is 7.91. The molecule has 21 heavy (non-hydrogen) atoms. The second-order valence-corrected chi connectivity index (χ2v) is 7.69. The number of methoxy groups -OCH3 is 1. The number of ether oxygens (including phenoxy) is 1. The lowest BCUT2D eigenvalue weighted by molar-refractivity contribution is 0.386. The number of nitrogens with zero attached hydrogens (tertiary/aromatic N) is 2. The van der Waals surface area contributed by atoms with Crippen LogP contribution in [0.2, 0.25) is 0 Å². The van der Waals surface area contributed by atoms with Gasteiger partial charge in [0.15, 0.2) is 15.6 Å². The summed E-state index contributed by atoms with van der Waals surface area (Å²) >= 11 is 0. The summed E-state index contributed by atoms with van der Waals surface area (Å²) in [6, 6.07) is -0.330. The molecule has 7 heteroatoms. The van der Waals surface area contributed by atoms with Gasteiger partial charge in [0.25, 0.3) is 0 Å². The van der Waals surface area contributed by atoms with Crippen LogP contribution in [0.25, 0.3) is 0 Å². The zero-order valence-corrected chi connectivity index (χ0v) is 14.4. The van der Waals surface area contributed by atoms with E-state index in [9.17, 15) is 8.42 Å². The van der Waals surface area contributed by atoms with Crippen molar-refractivity contribution in [1.29, 1.82) is 0 Å². The molecule has 0 aliphatic heterocycles. The number of aromatic nitrogens is 2. The topological polar surface area (TPSA) is 73.2 Å². The highest BCUT2D eigenvalue weighted by Gasteiger charge is 2.32. The Bertz CT molecular complexity index is 540. The average molecular weight is 317 g/mol. The maximum absolute atomic E-state index is 12.0. The molecule has 0 amide bonds. The van der Waals surface area contributed by atoms with Crippen molar-refractivity contribution >= 4 is 9.84 Å². The molecular weight excluding hydrogens is 290 g/mol. The van der Waals surface area contributed by atoms with Crippen molar-refractivity contribution in [3.05, 3.63) is 11.9 Å². The summed E-state index contributed by atoms with van der Waals surface area (Å²) in [5.74, 6) is 0.632. The smallest absolute Gasteiger partial charge is 0.161 e. The Morgan fingerprint density at radius 1 is 1.38 bits per heavy atom. The summed E-state index contributed by atoms with van der Waals surface area (Å²) in [5.41, 5.74) is 0.811. The van der Waals surface area contributed by atoms with Crippen molar-refractivity contribution in [3.63, 3.8) is 0 Å². The zero-order chi connectivity index (χ0) is 16.0. The van der Waals surface area contributed by atoms with Gasteiger partial charge in [-0.05, 0) is 26.3 Å². The van der Waals surface area contributed by atoms with E-state index < -0.39 is 15.1 Å². The molecular formula is C14H27N3O3S. The summed E-state index contributed by atoms with van der Waals surface area (Å²) < 4.78 is 31.2. The average Bonchev–Trinajstić information content (AvgIpc) is 2.81. The molecule has 6 nitrogen and oxygen atoms in total. The standard InChI is InChI=1S/C14H27N3O3S/c1-6-8-15-13(11(3)21(5,18)19)14-12(20-4)10-16-17(14)9-7-2/h10-11,13,15H,6-9H2,1-5H3. The normalized spacial score (nSPS) is 14.9. The molecule has 0 radical (unpaired) electrons. The number of hydrogen-bond donors (Lipinski definition) is 1. The number of aryl methyl sites for hydroxylation is 1. The Labute approximate surface area is 127 Å². The van der Waals surface area contributed by atoms with Crippen LogP contribution in [0.4, 0.5) is 0 Å². The van der Waals surface area contributed by atoms with Gasteiger partial charge in [-0.1, -0.05) is 13.8 Å². The number of nitrogens with one attached hydrogen (secondary N) is 1. The fourth-order valence-electron chi connectivity index (χ4n) is 2.27. The lowest BCUT2D eigenvalue weighted by atomic mass is 10.1. The van der Waals surface area contributed by atoms with E-state index in [4.69, 9.17) is 4.74 Å². The molecule has 0 aliphatic carbocycles. The Hall–Kier alpha value is -1.08. The molecule has 1 N–H and O–H groups in total. The molecule has 0 aliphatic rings. The van der Waals surface area contributed by atoms with Gasteiger partial charge in [0.05, 0.1) is 30.3 Å². The number of sulfone groups is 1. The summed E-state index contributed by atoms with van der Waals surface area (Å²) in [5, 5.41) is 7.11. The SMILES string of the molecule is CCCNC(c1c(OC)cnn1CCC)C(C)S(C)(=O)=O. The first kappa shape index (κ1) is 18.0. The van der Waals surface area contributed by atoms with E-state index in [1.165, 1.54) is 6.26 Å². The second-order valence-electron chi connectivity index (χ2n) is 5.29. The third kappa shape index (κ3) is 4.44. The molecule has 0 aromatic carbocycles. The fourth-order valence-corrected chi connectivity index (χ4v) is 2.99. The van der Waals surface area contributed by atoms with Gasteiger partial charge in [-0.3, -0.25) is 4.68 Å². The Balaban J connectivity index is 3.27. The first-order chi connectivity index (χ1) is 9.86. The molecule has 0 fully saturated rings. The molecule has 1 rings (SSSR count). The first-order valence-corrected chi connectivity index (χ1v) is 9.34. The van der Waals surface area contributed by atoms with Crippen LogP contribution in [0, 0.1) is 0 Å². The molecule has 2 atom stereocenters. The lowest BCUT2D eigenvalue weighted by Crippen LogP contribution is -2.37. The van der Waals surface area contributed by atoms with Gasteiger partial charge in [-0.2, -0.15) is 5.10 Å². The van der Waals surface area contributed by atoms with Gasteiger partial charge in [0, 0.05) is 12.8 Å². The highest BCUT2D eigenvalue weighted by atomic mass is 32.2. The van der Waals surface area contributed by atoms with Crippen LogP contribution in [0.15, 0.2) is 6.20 Å². The van der Waals surface area contributed by atoms with Crippen molar-refractivity contribution < 1.29 is 13.2 Å². The maximum Gasteiger partial charge on any atom is 0.161 e. The second kappa shape index (κ2) is 7.79. The number of hydrogen-bond acceptors (Lipinski definition) is 5. The summed E-state index contributed by atoms with van der Waals surface area (Å²) in [7, 11) is -1.59. The molecule has 0 bridgehead atoms. The van der Waals surface area contributed by atoms with Crippen LogP contribution in [0.5, 0.6) is 5.75 Å². The number of rotatable bonds is 9. The fraction of sp³-hybridized carbons (Fsp3) is 0.786. The van der Waals surface area contributed by atoms with Crippen molar-refractivity contribution in [2.45, 2.75) is 51.4 Å². The Morgan fingerprint density at radius 3 is 2.52 bits per heavy atom. The summed E-state index contributed by atoms with van der Waals surface area (Å²) in [6.07, 6.45) is 4.77. The monoisotopic (exact) mass is 317 g/mol. The third-order valence-electron chi connectivity index (χ3n) is 3.55. The predicted octanol–water partition coefficient (Wildman–Crippen LogP) is 1.78. The Morgan fingerprint density at radius 2 is 2.05 bits per heavy atom. The van der Waals surface area contributed by atoms with E-state index >= 15 is 0 Å². The van der Waals surface area contributed by atoms with E-state index in [0.29, 0.717) is 5.75 Å².